The van der Waals surface area contributed by atoms with E-state index in [2.05, 4.69) is 42.2 Å². The molecular weight excluding hydrogens is 236 g/mol. The highest BCUT2D eigenvalue weighted by Gasteiger charge is 2.09. The highest BCUT2D eigenvalue weighted by Crippen LogP contribution is 2.21. The summed E-state index contributed by atoms with van der Waals surface area (Å²) in [6.45, 7) is 4.16. The van der Waals surface area contributed by atoms with E-state index in [0.29, 0.717) is 11.2 Å². The fourth-order valence-corrected chi connectivity index (χ4v) is 2.04. The molecule has 0 aliphatic carbocycles. The van der Waals surface area contributed by atoms with Crippen molar-refractivity contribution < 1.29 is 0 Å². The van der Waals surface area contributed by atoms with Crippen molar-refractivity contribution in [1.82, 2.24) is 14.6 Å². The molecule has 2 aromatic heterocycles. The highest BCUT2D eigenvalue weighted by molar-refractivity contribution is 5.61. The van der Waals surface area contributed by atoms with Gasteiger partial charge in [-0.1, -0.05) is 12.1 Å². The van der Waals surface area contributed by atoms with Crippen molar-refractivity contribution in [2.45, 2.75) is 13.8 Å². The second kappa shape index (κ2) is 4.21. The van der Waals surface area contributed by atoms with Crippen molar-refractivity contribution in [3.8, 4) is 17.5 Å². The predicted molar refractivity (Wildman–Crippen MR) is 72.6 cm³/mol. The van der Waals surface area contributed by atoms with Crippen LogP contribution in [0.1, 0.15) is 16.7 Å². The first-order chi connectivity index (χ1) is 9.19. The number of pyridine rings is 1. The van der Waals surface area contributed by atoms with Crippen LogP contribution in [-0.4, -0.2) is 14.6 Å². The van der Waals surface area contributed by atoms with Gasteiger partial charge in [0.15, 0.2) is 11.5 Å². The third kappa shape index (κ3) is 1.85. The van der Waals surface area contributed by atoms with Gasteiger partial charge >= 0.3 is 0 Å². The molecule has 0 atom stereocenters. The van der Waals surface area contributed by atoms with Crippen LogP contribution in [0.2, 0.25) is 0 Å². The van der Waals surface area contributed by atoms with Crippen LogP contribution in [0, 0.1) is 25.2 Å². The van der Waals surface area contributed by atoms with Gasteiger partial charge in [0.05, 0.1) is 11.6 Å². The molecule has 0 fully saturated rings. The Labute approximate surface area is 111 Å². The number of hydrogen-bond donors (Lipinski definition) is 0. The van der Waals surface area contributed by atoms with Crippen LogP contribution >= 0.6 is 0 Å². The summed E-state index contributed by atoms with van der Waals surface area (Å²) < 4.78 is 1.89. The Morgan fingerprint density at radius 3 is 2.63 bits per heavy atom. The number of fused-ring (bicyclic) bond motifs is 1. The summed E-state index contributed by atoms with van der Waals surface area (Å²) in [5.41, 5.74) is 4.78. The van der Waals surface area contributed by atoms with Crippen LogP contribution in [0.25, 0.3) is 17.0 Å². The molecule has 0 saturated carbocycles. The average Bonchev–Trinajstić information content (AvgIpc) is 2.84. The van der Waals surface area contributed by atoms with Crippen LogP contribution in [-0.2, 0) is 0 Å². The Hall–Kier alpha value is -2.67. The molecule has 0 bridgehead atoms. The lowest BCUT2D eigenvalue weighted by Crippen LogP contribution is -1.91. The molecule has 0 radical (unpaired) electrons. The molecule has 3 rings (SSSR count). The molecule has 92 valence electrons. The lowest BCUT2D eigenvalue weighted by Gasteiger charge is -2.04. The van der Waals surface area contributed by atoms with Crippen molar-refractivity contribution in [1.29, 1.82) is 5.26 Å². The van der Waals surface area contributed by atoms with E-state index >= 15 is 0 Å². The van der Waals surface area contributed by atoms with Crippen LogP contribution in [0.4, 0.5) is 0 Å². The van der Waals surface area contributed by atoms with Gasteiger partial charge < -0.3 is 0 Å². The van der Waals surface area contributed by atoms with Gasteiger partial charge in [-0.15, -0.1) is 10.2 Å². The molecule has 4 heteroatoms. The van der Waals surface area contributed by atoms with E-state index in [1.807, 2.05) is 16.7 Å². The Morgan fingerprint density at radius 2 is 1.89 bits per heavy atom. The number of aromatic nitrogens is 3. The summed E-state index contributed by atoms with van der Waals surface area (Å²) in [6.07, 6.45) is 1.83. The minimum Gasteiger partial charge on any atom is -0.282 e. The summed E-state index contributed by atoms with van der Waals surface area (Å²) >= 11 is 0. The third-order valence-electron chi connectivity index (χ3n) is 3.30. The van der Waals surface area contributed by atoms with E-state index in [4.69, 9.17) is 5.26 Å². The number of nitrogens with zero attached hydrogens (tertiary/aromatic N) is 4. The number of rotatable bonds is 1. The molecule has 0 saturated heterocycles. The zero-order valence-corrected chi connectivity index (χ0v) is 10.8. The monoisotopic (exact) mass is 248 g/mol. The highest BCUT2D eigenvalue weighted by atomic mass is 15.2. The number of hydrogen-bond acceptors (Lipinski definition) is 3. The van der Waals surface area contributed by atoms with E-state index < -0.39 is 0 Å². The van der Waals surface area contributed by atoms with E-state index in [1.165, 1.54) is 11.1 Å². The molecule has 1 aromatic carbocycles. The maximum atomic E-state index is 8.88. The van der Waals surface area contributed by atoms with Gasteiger partial charge in [0.25, 0.3) is 0 Å². The summed E-state index contributed by atoms with van der Waals surface area (Å²) in [7, 11) is 0. The average molecular weight is 248 g/mol. The maximum Gasteiger partial charge on any atom is 0.168 e. The maximum absolute atomic E-state index is 8.88. The van der Waals surface area contributed by atoms with Crippen molar-refractivity contribution in [2.75, 3.05) is 0 Å². The smallest absolute Gasteiger partial charge is 0.168 e. The largest absolute Gasteiger partial charge is 0.282 e. The standard InChI is InChI=1S/C15H12N4/c1-10-3-4-13(7-11(10)2)15-18-17-14-8-12(9-16)5-6-19(14)15/h3-8H,1-2H3. The third-order valence-corrected chi connectivity index (χ3v) is 3.30. The van der Waals surface area contributed by atoms with E-state index in [9.17, 15) is 0 Å². The second-order valence-corrected chi connectivity index (χ2v) is 4.58. The molecule has 0 amide bonds. The second-order valence-electron chi connectivity index (χ2n) is 4.58. The van der Waals surface area contributed by atoms with Crippen molar-refractivity contribution in [3.63, 3.8) is 0 Å². The first-order valence-electron chi connectivity index (χ1n) is 6.01. The molecule has 0 spiro atoms. The summed E-state index contributed by atoms with van der Waals surface area (Å²) in [6, 6.07) is 11.8. The molecule has 3 aromatic rings. The summed E-state index contributed by atoms with van der Waals surface area (Å²) in [5, 5.41) is 17.2. The molecule has 0 unspecified atom stereocenters. The topological polar surface area (TPSA) is 54.0 Å². The van der Waals surface area contributed by atoms with Crippen molar-refractivity contribution in [2.24, 2.45) is 0 Å². The van der Waals surface area contributed by atoms with Gasteiger partial charge in [-0.25, -0.2) is 0 Å². The minimum atomic E-state index is 0.589. The first-order valence-corrected chi connectivity index (χ1v) is 6.01. The van der Waals surface area contributed by atoms with Gasteiger partial charge in [-0.3, -0.25) is 4.40 Å². The van der Waals surface area contributed by atoms with Crippen LogP contribution in [0.5, 0.6) is 0 Å². The van der Waals surface area contributed by atoms with Gasteiger partial charge in [-0.2, -0.15) is 5.26 Å². The normalized spacial score (nSPS) is 10.6. The fraction of sp³-hybridized carbons (Fsp3) is 0.133. The number of nitriles is 1. The van der Waals surface area contributed by atoms with Crippen LogP contribution in [0.3, 0.4) is 0 Å². The fourth-order valence-electron chi connectivity index (χ4n) is 2.04. The molecule has 0 aliphatic rings. The Bertz CT molecular complexity index is 809. The molecule has 4 nitrogen and oxygen atoms in total. The van der Waals surface area contributed by atoms with E-state index in [0.717, 1.165) is 11.4 Å². The zero-order valence-electron chi connectivity index (χ0n) is 10.8. The number of aryl methyl sites for hydroxylation is 2. The minimum absolute atomic E-state index is 0.589. The summed E-state index contributed by atoms with van der Waals surface area (Å²) in [4.78, 5) is 0. The van der Waals surface area contributed by atoms with Crippen LogP contribution in [0.15, 0.2) is 36.5 Å². The first kappa shape index (κ1) is 11.4. The number of benzene rings is 1. The lowest BCUT2D eigenvalue weighted by atomic mass is 10.1. The SMILES string of the molecule is Cc1ccc(-c2nnc3cc(C#N)ccn23)cc1C. The summed E-state index contributed by atoms with van der Waals surface area (Å²) in [5.74, 6) is 0.794. The molecule has 2 heterocycles. The van der Waals surface area contributed by atoms with Crippen molar-refractivity contribution in [3.05, 3.63) is 53.2 Å². The zero-order chi connectivity index (χ0) is 13.4. The van der Waals surface area contributed by atoms with Gasteiger partial charge in [0.2, 0.25) is 0 Å². The van der Waals surface area contributed by atoms with Gasteiger partial charge in [0, 0.05) is 17.8 Å². The van der Waals surface area contributed by atoms with Crippen molar-refractivity contribution >= 4 is 5.65 Å². The molecule has 0 N–H and O–H groups in total. The Morgan fingerprint density at radius 1 is 1.05 bits per heavy atom. The van der Waals surface area contributed by atoms with E-state index in [-0.39, 0.29) is 0 Å². The molecule has 19 heavy (non-hydrogen) atoms. The molecular formula is C15H12N4. The van der Waals surface area contributed by atoms with E-state index in [1.54, 1.807) is 12.1 Å². The van der Waals surface area contributed by atoms with Gasteiger partial charge in [0.1, 0.15) is 0 Å². The lowest BCUT2D eigenvalue weighted by molar-refractivity contribution is 1.11. The quantitative estimate of drug-likeness (QED) is 0.665. The predicted octanol–water partition coefficient (Wildman–Crippen LogP) is 2.88. The van der Waals surface area contributed by atoms with Crippen LogP contribution < -0.4 is 0 Å². The Balaban J connectivity index is 2.20. The Kier molecular flexibility index (Phi) is 2.53. The molecule has 0 aliphatic heterocycles. The van der Waals surface area contributed by atoms with Gasteiger partial charge in [-0.05, 0) is 37.1 Å².